The van der Waals surface area contributed by atoms with E-state index in [4.69, 9.17) is 0 Å². The molecule has 0 atom stereocenters. The van der Waals surface area contributed by atoms with Gasteiger partial charge in [-0.25, -0.2) is 0 Å². The van der Waals surface area contributed by atoms with Crippen LogP contribution in [0.15, 0.2) is 0 Å². The molecule has 0 aromatic rings. The molecule has 3 rings (SSSR count). The van der Waals surface area contributed by atoms with Crippen molar-refractivity contribution in [3.8, 4) is 0 Å². The van der Waals surface area contributed by atoms with E-state index in [0.29, 0.717) is 21.5 Å². The Labute approximate surface area is 61.1 Å². The quantitative estimate of drug-likeness (QED) is 0.254. The number of halogens is 1. The van der Waals surface area contributed by atoms with Crippen molar-refractivity contribution in [2.75, 3.05) is 17.5 Å². The summed E-state index contributed by atoms with van der Waals surface area (Å²) in [5, 5.41) is 0. The van der Waals surface area contributed by atoms with Crippen molar-refractivity contribution >= 4 is 0 Å². The normalized spacial score (nSPS) is 46.0. The molecule has 0 unspecified atom stereocenters. The van der Waals surface area contributed by atoms with Gasteiger partial charge in [-0.15, -0.1) is 0 Å². The molecule has 2 heteroatoms. The van der Waals surface area contributed by atoms with E-state index >= 15 is 0 Å². The van der Waals surface area contributed by atoms with E-state index in [-0.39, 0.29) is 0 Å². The molecule has 2 bridgehead atoms. The summed E-state index contributed by atoms with van der Waals surface area (Å²) in [7, 11) is 0. The van der Waals surface area contributed by atoms with Crippen molar-refractivity contribution in [3.63, 3.8) is 0 Å². The van der Waals surface area contributed by atoms with Crippen molar-refractivity contribution in [2.45, 2.75) is 12.8 Å². The molecule has 3 fully saturated rings. The van der Waals surface area contributed by atoms with E-state index < -0.39 is 0 Å². The van der Waals surface area contributed by atoms with Gasteiger partial charge in [0.05, 0.1) is 0 Å². The van der Waals surface area contributed by atoms with Crippen LogP contribution < -0.4 is 21.5 Å². The summed E-state index contributed by atoms with van der Waals surface area (Å²) in [6.07, 6.45) is 3.03. The summed E-state index contributed by atoms with van der Waals surface area (Å²) in [6.45, 7) is 2.88. The number of piperidine rings is 1. The Balaban J connectivity index is 2.03. The summed E-state index contributed by atoms with van der Waals surface area (Å²) in [6, 6.07) is 0. The van der Waals surface area contributed by atoms with Crippen LogP contribution in [0.4, 0.5) is 0 Å². The molecule has 0 N–H and O–H groups in total. The fourth-order valence-electron chi connectivity index (χ4n) is 1.37. The molecule has 3 aliphatic heterocycles. The molecule has 48 valence electrons. The van der Waals surface area contributed by atoms with Crippen LogP contribution in [-0.2, 0) is 0 Å². The molecule has 1 nitrogen and oxygen atoms in total. The molecule has 3 saturated heterocycles. The molecule has 0 aromatic carbocycles. The van der Waals surface area contributed by atoms with Crippen molar-refractivity contribution in [1.82, 2.24) is 3.11 Å². The minimum absolute atomic E-state index is 0.532. The Morgan fingerprint density at radius 2 is 2.00 bits per heavy atom. The average molecular weight is 224 g/mol. The first-order valence-corrected chi connectivity index (χ1v) is 5.78. The van der Waals surface area contributed by atoms with Gasteiger partial charge in [-0.2, -0.15) is 0 Å². The molecule has 0 aliphatic carbocycles. The van der Waals surface area contributed by atoms with Gasteiger partial charge >= 0.3 is 60.9 Å². The van der Waals surface area contributed by atoms with Crippen LogP contribution in [0, 0.1) is 5.92 Å². The predicted octanol–water partition coefficient (Wildman–Crippen LogP) is -2.28. The van der Waals surface area contributed by atoms with Crippen LogP contribution in [-0.4, -0.2) is 20.6 Å². The number of hydrogen-bond donors (Lipinski definition) is 0. The topological polar surface area (TPSA) is 3.24 Å². The van der Waals surface area contributed by atoms with E-state index in [1.54, 1.807) is 4.43 Å². The second-order valence-electron chi connectivity index (χ2n) is 2.63. The van der Waals surface area contributed by atoms with Crippen LogP contribution >= 0.6 is 0 Å². The van der Waals surface area contributed by atoms with E-state index in [1.807, 2.05) is 0 Å². The van der Waals surface area contributed by atoms with Crippen LogP contribution in [0.2, 0.25) is 0 Å². The SMILES string of the molecule is C1CN2CCC1C[I-]2. The van der Waals surface area contributed by atoms with Crippen LogP contribution in [0.1, 0.15) is 12.8 Å². The van der Waals surface area contributed by atoms with Crippen molar-refractivity contribution in [3.05, 3.63) is 0 Å². The molecule has 0 saturated carbocycles. The Morgan fingerprint density at radius 3 is 2.12 bits per heavy atom. The fraction of sp³-hybridized carbons (Fsp3) is 1.00. The van der Waals surface area contributed by atoms with Gasteiger partial charge in [0.2, 0.25) is 0 Å². The number of nitrogens with zero attached hydrogens (tertiary/aromatic N) is 1. The Hall–Kier alpha value is 0.690. The van der Waals surface area contributed by atoms with E-state index in [0.717, 1.165) is 5.92 Å². The third-order valence-corrected chi connectivity index (χ3v) is 5.59. The Kier molecular flexibility index (Phi) is 1.46. The summed E-state index contributed by atoms with van der Waals surface area (Å²) < 4.78 is 4.29. The molecule has 8 heavy (non-hydrogen) atoms. The van der Waals surface area contributed by atoms with Crippen molar-refractivity contribution in [1.29, 1.82) is 0 Å². The first-order chi connectivity index (χ1) is 3.95. The summed E-state index contributed by atoms with van der Waals surface area (Å²) >= 11 is 0.532. The summed E-state index contributed by atoms with van der Waals surface area (Å²) in [5.41, 5.74) is 0. The van der Waals surface area contributed by atoms with Gasteiger partial charge in [0, 0.05) is 0 Å². The van der Waals surface area contributed by atoms with Gasteiger partial charge in [-0.1, -0.05) is 0 Å². The van der Waals surface area contributed by atoms with E-state index in [9.17, 15) is 0 Å². The zero-order valence-corrected chi connectivity index (χ0v) is 7.10. The molecule has 3 heterocycles. The van der Waals surface area contributed by atoms with Gasteiger partial charge in [0.1, 0.15) is 0 Å². The number of alkyl halides is 1. The maximum absolute atomic E-state index is 2.69. The Bertz CT molecular complexity index is 63.5. The van der Waals surface area contributed by atoms with Gasteiger partial charge in [0.15, 0.2) is 0 Å². The van der Waals surface area contributed by atoms with Crippen LogP contribution in [0.25, 0.3) is 0 Å². The monoisotopic (exact) mass is 224 g/mol. The molecule has 0 spiro atoms. The standard InChI is InChI=1S/C6H11IN/c1-3-8-4-2-6(1)5-7-8/h6H,1-5H2/q-1. The van der Waals surface area contributed by atoms with Gasteiger partial charge < -0.3 is 0 Å². The molecule has 0 aromatic heterocycles. The maximum atomic E-state index is 2.69. The molecule has 0 radical (unpaired) electrons. The van der Waals surface area contributed by atoms with E-state index in [1.165, 1.54) is 25.9 Å². The number of rotatable bonds is 0. The first-order valence-electron chi connectivity index (χ1n) is 3.29. The zero-order valence-electron chi connectivity index (χ0n) is 4.94. The third-order valence-electron chi connectivity index (χ3n) is 2.02. The number of fused-ring (bicyclic) bond motifs is 3. The molecular weight excluding hydrogens is 213 g/mol. The van der Waals surface area contributed by atoms with Crippen molar-refractivity contribution < 1.29 is 21.5 Å². The summed E-state index contributed by atoms with van der Waals surface area (Å²) in [5.74, 6) is 1.16. The van der Waals surface area contributed by atoms with Gasteiger partial charge in [-0.05, 0) is 0 Å². The minimum atomic E-state index is 0.532. The van der Waals surface area contributed by atoms with E-state index in [2.05, 4.69) is 3.11 Å². The molecule has 3 aliphatic rings. The fourth-order valence-corrected chi connectivity index (χ4v) is 4.60. The second kappa shape index (κ2) is 2.14. The van der Waals surface area contributed by atoms with Crippen LogP contribution in [0.5, 0.6) is 0 Å². The first kappa shape index (κ1) is 5.47. The third kappa shape index (κ3) is 0.880. The molecular formula is C6H11IN-. The average Bonchev–Trinajstić information content (AvgIpc) is 1.92. The summed E-state index contributed by atoms with van der Waals surface area (Å²) in [4.78, 5) is 0. The molecule has 0 amide bonds. The van der Waals surface area contributed by atoms with Crippen LogP contribution in [0.3, 0.4) is 0 Å². The predicted molar refractivity (Wildman–Crippen MR) is 29.2 cm³/mol. The van der Waals surface area contributed by atoms with Gasteiger partial charge in [0.25, 0.3) is 0 Å². The second-order valence-corrected chi connectivity index (χ2v) is 5.55. The van der Waals surface area contributed by atoms with Crippen molar-refractivity contribution in [2.24, 2.45) is 5.92 Å². The number of hydrogen-bond acceptors (Lipinski definition) is 1. The van der Waals surface area contributed by atoms with Gasteiger partial charge in [-0.3, -0.25) is 0 Å². The Morgan fingerprint density at radius 1 is 1.25 bits per heavy atom. The zero-order chi connectivity index (χ0) is 5.40.